The van der Waals surface area contributed by atoms with Gasteiger partial charge in [0.2, 0.25) is 5.31 Å². The van der Waals surface area contributed by atoms with Gasteiger partial charge in [0.05, 0.1) is 8.07 Å². The summed E-state index contributed by atoms with van der Waals surface area (Å²) in [7, 11) is -4.59. The summed E-state index contributed by atoms with van der Waals surface area (Å²) in [5.74, 6) is 0. The van der Waals surface area contributed by atoms with Crippen LogP contribution in [0.2, 0.25) is 61.7 Å². The fourth-order valence-corrected chi connectivity index (χ4v) is 61.4. The molecule has 2 radical (unpaired) electrons. The van der Waals surface area contributed by atoms with E-state index in [0.29, 0.717) is 14.7 Å². The van der Waals surface area contributed by atoms with Gasteiger partial charge in [0.1, 0.15) is 0 Å². The fraction of sp³-hybridized carbons (Fsp3) is 0.947. The molecule has 0 rings (SSSR count). The average molecular weight is 545 g/mol. The van der Waals surface area contributed by atoms with Crippen molar-refractivity contribution in [3.8, 4) is 0 Å². The summed E-state index contributed by atoms with van der Waals surface area (Å²) in [6, 6.07) is 0. The second kappa shape index (κ2) is 7.58. The highest BCUT2D eigenvalue weighted by Gasteiger charge is 2.66. The van der Waals surface area contributed by atoms with Crippen LogP contribution < -0.4 is 0 Å². The molecule has 0 heterocycles. The largest absolute Gasteiger partial charge is 0.205 e. The van der Waals surface area contributed by atoms with Gasteiger partial charge in [0, 0.05) is 16.1 Å². The van der Waals surface area contributed by atoms with E-state index in [1.54, 1.807) is 0 Å². The third-order valence-corrected chi connectivity index (χ3v) is 43.7. The quantitative estimate of drug-likeness (QED) is 0.232. The zero-order chi connectivity index (χ0) is 20.9. The van der Waals surface area contributed by atoms with Gasteiger partial charge in [-0.2, -0.15) is 0 Å². The molecule has 0 aliphatic heterocycles. The zero-order valence-corrected chi connectivity index (χ0v) is 26.6. The maximum atomic E-state index is 4.41. The molecule has 0 atom stereocenters. The normalized spacial score (nSPS) is 16.3. The minimum Gasteiger partial charge on any atom is -0.111 e. The maximum absolute atomic E-state index is 4.41. The Morgan fingerprint density at radius 3 is 1.20 bits per heavy atom. The van der Waals surface area contributed by atoms with Crippen molar-refractivity contribution in [2.75, 3.05) is 0 Å². The lowest BCUT2D eigenvalue weighted by Crippen LogP contribution is -2.68. The lowest BCUT2D eigenvalue weighted by Gasteiger charge is -2.61. The van der Waals surface area contributed by atoms with E-state index in [2.05, 4.69) is 130 Å². The van der Waals surface area contributed by atoms with Gasteiger partial charge in [0.25, 0.3) is 0 Å². The van der Waals surface area contributed by atoms with E-state index in [1.165, 1.54) is 6.42 Å². The molecule has 0 N–H and O–H groups in total. The van der Waals surface area contributed by atoms with E-state index >= 15 is 0 Å². The molecule has 0 nitrogen and oxygen atoms in total. The van der Waals surface area contributed by atoms with Crippen LogP contribution in [0.1, 0.15) is 48.0 Å². The predicted octanol–water partition coefficient (Wildman–Crippen LogP) is 8.82. The molecule has 0 saturated carbocycles. The Morgan fingerprint density at radius 2 is 1.00 bits per heavy atom. The molecule has 0 aliphatic carbocycles. The average Bonchev–Trinajstić information content (AvgIpc) is 2.17. The van der Waals surface area contributed by atoms with Crippen LogP contribution in [-0.2, 0) is 0 Å². The molecule has 0 unspecified atom stereocenters. The Morgan fingerprint density at radius 1 is 0.680 bits per heavy atom. The fourth-order valence-electron chi connectivity index (χ4n) is 4.19. The lowest BCUT2D eigenvalue weighted by atomic mass is 9.93. The Labute approximate surface area is 179 Å². The predicted molar refractivity (Wildman–Crippen MR) is 138 cm³/mol. The van der Waals surface area contributed by atoms with Gasteiger partial charge in [-0.1, -0.05) is 93.9 Å². The summed E-state index contributed by atoms with van der Waals surface area (Å²) in [5.41, 5.74) is 4.66. The Balaban J connectivity index is 6.58. The van der Waals surface area contributed by atoms with Crippen LogP contribution in [0, 0.1) is 11.1 Å². The Hall–Kier alpha value is 1.83. The highest BCUT2D eigenvalue weighted by atomic mass is 79.9. The monoisotopic (exact) mass is 542 g/mol. The van der Waals surface area contributed by atoms with Crippen molar-refractivity contribution in [2.45, 2.75) is 110 Å². The third-order valence-electron chi connectivity index (χ3n) is 6.24. The van der Waals surface area contributed by atoms with Crippen molar-refractivity contribution in [1.82, 2.24) is 0 Å². The van der Waals surface area contributed by atoms with Gasteiger partial charge in [-0.15, -0.1) is 30.6 Å². The number of halogens is 2. The first kappa shape index (κ1) is 26.8. The van der Waals surface area contributed by atoms with Crippen molar-refractivity contribution in [3.05, 3.63) is 5.67 Å². The first-order chi connectivity index (χ1) is 10.4. The minimum absolute atomic E-state index is 0.329. The van der Waals surface area contributed by atoms with E-state index in [4.69, 9.17) is 0 Å². The molecule has 0 fully saturated rings. The van der Waals surface area contributed by atoms with Crippen LogP contribution >= 0.6 is 30.6 Å². The van der Waals surface area contributed by atoms with Crippen LogP contribution in [0.4, 0.5) is 0 Å². The van der Waals surface area contributed by atoms with Crippen LogP contribution in [0.3, 0.4) is 0 Å². The van der Waals surface area contributed by atoms with E-state index in [1.807, 2.05) is 0 Å². The smallest absolute Gasteiger partial charge is 0.111 e. The highest BCUT2D eigenvalue weighted by Crippen LogP contribution is 2.65. The summed E-state index contributed by atoms with van der Waals surface area (Å²) in [4.78, 5) is 0. The Kier molecular flexibility index (Phi) is 8.13. The van der Waals surface area contributed by atoms with Gasteiger partial charge in [-0.3, -0.25) is 0 Å². The zero-order valence-electron chi connectivity index (χ0n) is 19.5. The molecular weight excluding hydrogens is 500 g/mol. The van der Waals surface area contributed by atoms with Gasteiger partial charge in [-0.05, 0) is 26.8 Å². The van der Waals surface area contributed by atoms with Crippen LogP contribution in [0.5, 0.6) is 0 Å². The van der Waals surface area contributed by atoms with Crippen molar-refractivity contribution >= 4 is 60.1 Å². The van der Waals surface area contributed by atoms with Gasteiger partial charge in [-0.25, -0.2) is 0 Å². The molecule has 25 heavy (non-hydrogen) atoms. The molecule has 0 aromatic carbocycles. The van der Waals surface area contributed by atoms with Crippen molar-refractivity contribution in [1.29, 1.82) is 0 Å². The van der Waals surface area contributed by atoms with E-state index < -0.39 is 29.5 Å². The molecule has 0 bridgehead atoms. The summed E-state index contributed by atoms with van der Waals surface area (Å²) < 4.78 is 0.404. The van der Waals surface area contributed by atoms with Gasteiger partial charge in [0.15, 0.2) is 0 Å². The second-order valence-electron chi connectivity index (χ2n) is 12.7. The molecular formula is C19H44Br2Si4. The van der Waals surface area contributed by atoms with Crippen molar-refractivity contribution in [3.63, 3.8) is 0 Å². The topological polar surface area (TPSA) is 0 Å². The van der Waals surface area contributed by atoms with Crippen LogP contribution in [-0.4, -0.2) is 29.5 Å². The first-order valence-electron chi connectivity index (χ1n) is 9.59. The second-order valence-corrected chi connectivity index (χ2v) is 43.0. The van der Waals surface area contributed by atoms with E-state index in [-0.39, 0.29) is 0 Å². The van der Waals surface area contributed by atoms with Crippen molar-refractivity contribution < 1.29 is 0 Å². The molecule has 0 saturated heterocycles. The molecule has 0 aromatic rings. The summed E-state index contributed by atoms with van der Waals surface area (Å²) >= 11 is 8.81. The first-order valence-corrected chi connectivity index (χ1v) is 26.1. The number of hydrogen-bond acceptors (Lipinski definition) is 0. The highest BCUT2D eigenvalue weighted by molar-refractivity contribution is 9.51. The number of rotatable bonds is 6. The van der Waals surface area contributed by atoms with Crippen molar-refractivity contribution in [2.24, 2.45) is 5.41 Å². The minimum atomic E-state index is -2.05. The van der Waals surface area contributed by atoms with E-state index in [9.17, 15) is 0 Å². The third kappa shape index (κ3) is 5.91. The summed E-state index contributed by atoms with van der Waals surface area (Å²) in [6.07, 6.45) is 1.30. The van der Waals surface area contributed by atoms with E-state index in [0.717, 1.165) is 0 Å². The SMILES string of the molecule is CC(C)(C)CC([Si](C)(C)C)([Si](C)(C)C)[Si](Br)(Br)[C][Si](C)(C)C(C)(C)C. The van der Waals surface area contributed by atoms with Gasteiger partial charge >= 0.3 is 0 Å². The standard InChI is InChI=1S/C19H44Br2Si4/c1-17(2,3)15-19(22(7,8)9,23(10,11)12)25(20,21)16-24(13,14)18(4,5)6/h15H2,1-14H3. The maximum Gasteiger partial charge on any atom is 0.205 e. The number of hydrogen-bond donors (Lipinski definition) is 0. The summed E-state index contributed by atoms with van der Waals surface area (Å²) in [6.45, 7) is 35.2. The van der Waals surface area contributed by atoms with Gasteiger partial charge < -0.3 is 0 Å². The summed E-state index contributed by atoms with van der Waals surface area (Å²) in [5, 5.41) is -1.72. The lowest BCUT2D eigenvalue weighted by molar-refractivity contribution is 0.370. The molecule has 6 heteroatoms. The van der Waals surface area contributed by atoms with Crippen LogP contribution in [0.25, 0.3) is 0 Å². The molecule has 0 aromatic heterocycles. The molecule has 150 valence electrons. The molecule has 0 aliphatic rings. The molecule has 0 amide bonds. The van der Waals surface area contributed by atoms with Crippen LogP contribution in [0.15, 0.2) is 0 Å². The Bertz CT molecular complexity index is 444. The molecule has 0 spiro atoms.